The molecule has 0 amide bonds. The van der Waals surface area contributed by atoms with Crippen LogP contribution in [-0.4, -0.2) is 16.5 Å². The first-order valence-electron chi connectivity index (χ1n) is 9.08. The molecule has 3 nitrogen and oxygen atoms in total. The molecule has 0 saturated heterocycles. The van der Waals surface area contributed by atoms with E-state index in [9.17, 15) is 4.39 Å². The Bertz CT molecular complexity index is 1110. The van der Waals surface area contributed by atoms with Crippen LogP contribution in [0.25, 0.3) is 21.3 Å². The number of nitrogens with zero attached hydrogens (tertiary/aromatic N) is 3. The van der Waals surface area contributed by atoms with Crippen molar-refractivity contribution in [3.63, 3.8) is 0 Å². The second-order valence-corrected chi connectivity index (χ2v) is 8.08. The molecule has 0 radical (unpaired) electrons. The van der Waals surface area contributed by atoms with E-state index in [0.717, 1.165) is 45.1 Å². The number of thiophene rings is 1. The summed E-state index contributed by atoms with van der Waals surface area (Å²) in [5.74, 6) is 0.560. The molecule has 6 heteroatoms. The zero-order valence-electron chi connectivity index (χ0n) is 15.6. The summed E-state index contributed by atoms with van der Waals surface area (Å²) in [5, 5.41) is 1.21. The summed E-state index contributed by atoms with van der Waals surface area (Å²) in [6, 6.07) is 16.8. The van der Waals surface area contributed by atoms with Gasteiger partial charge in [0.25, 0.3) is 0 Å². The number of fused-ring (bicyclic) bond motifs is 1. The van der Waals surface area contributed by atoms with Crippen molar-refractivity contribution < 1.29 is 4.39 Å². The minimum Gasteiger partial charge on any atom is -0.352 e. The van der Waals surface area contributed by atoms with Crippen LogP contribution in [0.4, 0.5) is 10.2 Å². The summed E-state index contributed by atoms with van der Waals surface area (Å²) < 4.78 is 13.5. The molecule has 0 fully saturated rings. The SMILES string of the molecule is CCN(Cc1ccccc1)c1nc(Cl)nc2sc(C)c(-c3ccc(F)cc3)c12. The molecule has 0 aliphatic rings. The Kier molecular flexibility index (Phi) is 5.29. The van der Waals surface area contributed by atoms with Gasteiger partial charge in [0.2, 0.25) is 5.28 Å². The fourth-order valence-electron chi connectivity index (χ4n) is 3.40. The Morgan fingerprint density at radius 2 is 1.75 bits per heavy atom. The van der Waals surface area contributed by atoms with E-state index in [1.54, 1.807) is 23.5 Å². The minimum atomic E-state index is -0.250. The van der Waals surface area contributed by atoms with Crippen LogP contribution in [0.3, 0.4) is 0 Å². The number of rotatable bonds is 5. The average Bonchev–Trinajstić information content (AvgIpc) is 3.02. The number of aryl methyl sites for hydroxylation is 1. The summed E-state index contributed by atoms with van der Waals surface area (Å²) in [4.78, 5) is 13.2. The maximum absolute atomic E-state index is 13.5. The summed E-state index contributed by atoms with van der Waals surface area (Å²) in [6.07, 6.45) is 0. The first kappa shape index (κ1) is 18.8. The first-order valence-corrected chi connectivity index (χ1v) is 10.3. The highest BCUT2D eigenvalue weighted by Crippen LogP contribution is 2.42. The van der Waals surface area contributed by atoms with E-state index in [4.69, 9.17) is 11.6 Å². The van der Waals surface area contributed by atoms with Gasteiger partial charge >= 0.3 is 0 Å². The van der Waals surface area contributed by atoms with Gasteiger partial charge in [-0.25, -0.2) is 9.37 Å². The molecule has 2 aromatic heterocycles. The van der Waals surface area contributed by atoms with Crippen molar-refractivity contribution >= 4 is 39.0 Å². The molecule has 0 spiro atoms. The van der Waals surface area contributed by atoms with Gasteiger partial charge in [0.15, 0.2) is 0 Å². The molecule has 28 heavy (non-hydrogen) atoms. The van der Waals surface area contributed by atoms with E-state index in [-0.39, 0.29) is 11.1 Å². The zero-order valence-corrected chi connectivity index (χ0v) is 17.2. The van der Waals surface area contributed by atoms with Gasteiger partial charge in [-0.3, -0.25) is 0 Å². The maximum Gasteiger partial charge on any atom is 0.225 e. The van der Waals surface area contributed by atoms with Gasteiger partial charge in [0, 0.05) is 23.5 Å². The van der Waals surface area contributed by atoms with Gasteiger partial charge in [-0.05, 0) is 48.7 Å². The second-order valence-electron chi connectivity index (χ2n) is 6.54. The quantitative estimate of drug-likeness (QED) is 0.351. The van der Waals surface area contributed by atoms with Crippen LogP contribution >= 0.6 is 22.9 Å². The summed E-state index contributed by atoms with van der Waals surface area (Å²) in [6.45, 7) is 5.64. The number of benzene rings is 2. The minimum absolute atomic E-state index is 0.237. The maximum atomic E-state index is 13.5. The lowest BCUT2D eigenvalue weighted by Crippen LogP contribution is -2.23. The van der Waals surface area contributed by atoms with Crippen molar-refractivity contribution in [1.29, 1.82) is 0 Å². The van der Waals surface area contributed by atoms with E-state index < -0.39 is 0 Å². The molecule has 4 rings (SSSR count). The van der Waals surface area contributed by atoms with Crippen molar-refractivity contribution in [2.24, 2.45) is 0 Å². The van der Waals surface area contributed by atoms with Crippen molar-refractivity contribution in [3.05, 3.63) is 76.1 Å². The van der Waals surface area contributed by atoms with E-state index in [1.807, 2.05) is 18.2 Å². The van der Waals surface area contributed by atoms with E-state index >= 15 is 0 Å². The van der Waals surface area contributed by atoms with Crippen LogP contribution in [0, 0.1) is 12.7 Å². The standard InChI is InChI=1S/C22H19ClFN3S/c1-3-27(13-15-7-5-4-6-8-15)20-19-18(16-9-11-17(24)12-10-16)14(2)28-21(19)26-22(23)25-20/h4-12H,3,13H2,1-2H3. The molecule has 142 valence electrons. The largest absolute Gasteiger partial charge is 0.352 e. The van der Waals surface area contributed by atoms with E-state index in [2.05, 4.69) is 40.8 Å². The predicted octanol–water partition coefficient (Wildman–Crippen LogP) is 6.49. The smallest absolute Gasteiger partial charge is 0.225 e. The summed E-state index contributed by atoms with van der Waals surface area (Å²) >= 11 is 7.85. The first-order chi connectivity index (χ1) is 13.6. The number of aromatic nitrogens is 2. The monoisotopic (exact) mass is 411 g/mol. The average molecular weight is 412 g/mol. The highest BCUT2D eigenvalue weighted by atomic mass is 35.5. The Morgan fingerprint density at radius 1 is 1.04 bits per heavy atom. The molecule has 0 aliphatic carbocycles. The van der Waals surface area contributed by atoms with E-state index in [0.29, 0.717) is 0 Å². The van der Waals surface area contributed by atoms with E-state index in [1.165, 1.54) is 17.7 Å². The fourth-order valence-corrected chi connectivity index (χ4v) is 4.66. The molecule has 2 aromatic carbocycles. The molecule has 0 bridgehead atoms. The fraction of sp³-hybridized carbons (Fsp3) is 0.182. The third kappa shape index (κ3) is 3.60. The molecular formula is C22H19ClFN3S. The van der Waals surface area contributed by atoms with Crippen LogP contribution in [0.1, 0.15) is 17.4 Å². The molecule has 0 unspecified atom stereocenters. The van der Waals surface area contributed by atoms with Crippen LogP contribution in [0.15, 0.2) is 54.6 Å². The lowest BCUT2D eigenvalue weighted by atomic mass is 10.0. The van der Waals surface area contributed by atoms with Crippen LogP contribution in [0.5, 0.6) is 0 Å². The normalized spacial score (nSPS) is 11.1. The summed E-state index contributed by atoms with van der Waals surface area (Å²) in [5.41, 5.74) is 3.19. The van der Waals surface area contributed by atoms with Crippen LogP contribution < -0.4 is 4.90 Å². The van der Waals surface area contributed by atoms with Crippen molar-refractivity contribution in [3.8, 4) is 11.1 Å². The van der Waals surface area contributed by atoms with Gasteiger partial charge in [0.1, 0.15) is 16.5 Å². The lowest BCUT2D eigenvalue weighted by Gasteiger charge is -2.23. The van der Waals surface area contributed by atoms with Gasteiger partial charge in [-0.2, -0.15) is 4.98 Å². The Hall–Kier alpha value is -2.50. The Balaban J connectivity index is 1.90. The van der Waals surface area contributed by atoms with Gasteiger partial charge < -0.3 is 4.90 Å². The predicted molar refractivity (Wildman–Crippen MR) is 116 cm³/mol. The lowest BCUT2D eigenvalue weighted by molar-refractivity contribution is 0.628. The Morgan fingerprint density at radius 3 is 2.43 bits per heavy atom. The number of hydrogen-bond acceptors (Lipinski definition) is 4. The van der Waals surface area contributed by atoms with Gasteiger partial charge in [-0.1, -0.05) is 42.5 Å². The zero-order chi connectivity index (χ0) is 19.7. The second kappa shape index (κ2) is 7.86. The molecular weight excluding hydrogens is 393 g/mol. The molecule has 0 atom stereocenters. The number of anilines is 1. The molecule has 2 heterocycles. The third-order valence-electron chi connectivity index (χ3n) is 4.71. The molecule has 0 aliphatic heterocycles. The highest BCUT2D eigenvalue weighted by molar-refractivity contribution is 7.19. The number of hydrogen-bond donors (Lipinski definition) is 0. The van der Waals surface area contributed by atoms with Crippen molar-refractivity contribution in [2.45, 2.75) is 20.4 Å². The van der Waals surface area contributed by atoms with Gasteiger partial charge in [-0.15, -0.1) is 11.3 Å². The third-order valence-corrected chi connectivity index (χ3v) is 5.88. The highest BCUT2D eigenvalue weighted by Gasteiger charge is 2.21. The topological polar surface area (TPSA) is 29.0 Å². The van der Waals surface area contributed by atoms with Crippen molar-refractivity contribution in [2.75, 3.05) is 11.4 Å². The molecule has 4 aromatic rings. The summed E-state index contributed by atoms with van der Waals surface area (Å²) in [7, 11) is 0. The number of halogens is 2. The van der Waals surface area contributed by atoms with Gasteiger partial charge in [0.05, 0.1) is 5.39 Å². The molecule has 0 N–H and O–H groups in total. The van der Waals surface area contributed by atoms with Crippen molar-refractivity contribution in [1.82, 2.24) is 9.97 Å². The van der Waals surface area contributed by atoms with Crippen LogP contribution in [-0.2, 0) is 6.54 Å². The Labute approximate surface area is 172 Å². The molecule has 0 saturated carbocycles. The van der Waals surface area contributed by atoms with Crippen LogP contribution in [0.2, 0.25) is 5.28 Å².